The third-order valence-electron chi connectivity index (χ3n) is 4.21. The van der Waals surface area contributed by atoms with Crippen LogP contribution in [0.1, 0.15) is 42.2 Å². The molecule has 0 aliphatic heterocycles. The van der Waals surface area contributed by atoms with Crippen LogP contribution in [0, 0.1) is 6.92 Å². The molecule has 4 heterocycles. The zero-order valence-corrected chi connectivity index (χ0v) is 14.1. The van der Waals surface area contributed by atoms with E-state index in [2.05, 4.69) is 32.3 Å². The Hall–Kier alpha value is -3.16. The molecule has 126 valence electrons. The molecule has 8 nitrogen and oxygen atoms in total. The average molecular weight is 334 g/mol. The van der Waals surface area contributed by atoms with Crippen molar-refractivity contribution >= 4 is 5.65 Å². The molecule has 0 aliphatic carbocycles. The minimum atomic E-state index is -0.209. The summed E-state index contributed by atoms with van der Waals surface area (Å²) < 4.78 is 3.92. The van der Waals surface area contributed by atoms with Crippen LogP contribution in [-0.4, -0.2) is 39.3 Å². The Morgan fingerprint density at radius 1 is 1.12 bits per heavy atom. The second-order valence-corrected chi connectivity index (χ2v) is 5.86. The maximum atomic E-state index is 4.76. The zero-order chi connectivity index (χ0) is 17.2. The van der Waals surface area contributed by atoms with Gasteiger partial charge in [0.15, 0.2) is 5.65 Å². The summed E-state index contributed by atoms with van der Waals surface area (Å²) in [7, 11) is 0. The molecule has 1 atom stereocenters. The molecule has 0 fully saturated rings. The number of rotatable bonds is 5. The van der Waals surface area contributed by atoms with E-state index in [1.165, 1.54) is 0 Å². The predicted octanol–water partition coefficient (Wildman–Crippen LogP) is 2.01. The molecule has 4 rings (SSSR count). The predicted molar refractivity (Wildman–Crippen MR) is 91.0 cm³/mol. The van der Waals surface area contributed by atoms with Gasteiger partial charge in [-0.25, -0.2) is 9.97 Å². The molecule has 0 N–H and O–H groups in total. The van der Waals surface area contributed by atoms with Gasteiger partial charge in [-0.1, -0.05) is 13.3 Å². The number of imidazole rings is 1. The van der Waals surface area contributed by atoms with Crippen molar-refractivity contribution in [2.45, 2.75) is 32.7 Å². The molecule has 0 aromatic carbocycles. The first-order valence-corrected chi connectivity index (χ1v) is 8.23. The van der Waals surface area contributed by atoms with E-state index in [0.717, 1.165) is 41.3 Å². The van der Waals surface area contributed by atoms with Crippen molar-refractivity contribution in [1.29, 1.82) is 0 Å². The molecule has 0 radical (unpaired) electrons. The highest BCUT2D eigenvalue weighted by Gasteiger charge is 2.25. The summed E-state index contributed by atoms with van der Waals surface area (Å²) in [6, 6.07) is 3.62. The fourth-order valence-electron chi connectivity index (χ4n) is 3.07. The third-order valence-corrected chi connectivity index (χ3v) is 4.21. The van der Waals surface area contributed by atoms with E-state index >= 15 is 0 Å². The van der Waals surface area contributed by atoms with Crippen molar-refractivity contribution in [1.82, 2.24) is 39.3 Å². The number of fused-ring (bicyclic) bond motifs is 1. The van der Waals surface area contributed by atoms with E-state index in [-0.39, 0.29) is 6.04 Å². The van der Waals surface area contributed by atoms with Gasteiger partial charge in [0, 0.05) is 24.2 Å². The molecule has 0 bridgehead atoms. The molecule has 0 spiro atoms. The lowest BCUT2D eigenvalue weighted by molar-refractivity contribution is 0.616. The van der Waals surface area contributed by atoms with Crippen molar-refractivity contribution in [3.63, 3.8) is 0 Å². The van der Waals surface area contributed by atoms with Crippen LogP contribution in [0.3, 0.4) is 0 Å². The summed E-state index contributed by atoms with van der Waals surface area (Å²) in [6.45, 7) is 4.07. The molecule has 4 aromatic heterocycles. The second kappa shape index (κ2) is 6.39. The maximum Gasteiger partial charge on any atom is 0.167 e. The van der Waals surface area contributed by atoms with Crippen LogP contribution in [0.2, 0.25) is 0 Å². The smallest absolute Gasteiger partial charge is 0.167 e. The lowest BCUT2D eigenvalue weighted by Crippen LogP contribution is -2.17. The molecule has 4 aromatic rings. The molecule has 8 heteroatoms. The third kappa shape index (κ3) is 2.65. The van der Waals surface area contributed by atoms with E-state index in [1.807, 2.05) is 34.2 Å². The standard InChI is InChI=1S/C17H18N8/c1-3-5-13-15(19-11-25-12(2)21-23-17(13)25)16(24-9-8-18-10-24)14-6-4-7-20-22-14/h4,6-11,16H,3,5H2,1-2H3. The van der Waals surface area contributed by atoms with Gasteiger partial charge in [0.2, 0.25) is 0 Å². The van der Waals surface area contributed by atoms with E-state index in [9.17, 15) is 0 Å². The summed E-state index contributed by atoms with van der Waals surface area (Å²) in [5, 5.41) is 16.9. The minimum Gasteiger partial charge on any atom is -0.323 e. The molecular formula is C17H18N8. The van der Waals surface area contributed by atoms with Gasteiger partial charge in [0.1, 0.15) is 18.2 Å². The van der Waals surface area contributed by atoms with Crippen LogP contribution in [-0.2, 0) is 6.42 Å². The molecule has 25 heavy (non-hydrogen) atoms. The van der Waals surface area contributed by atoms with Crippen molar-refractivity contribution in [2.75, 3.05) is 0 Å². The number of aromatic nitrogens is 8. The highest BCUT2D eigenvalue weighted by Crippen LogP contribution is 2.28. The molecule has 0 saturated heterocycles. The Kier molecular flexibility index (Phi) is 3.93. The topological polar surface area (TPSA) is 86.7 Å². The molecule has 0 saturated carbocycles. The van der Waals surface area contributed by atoms with Gasteiger partial charge < -0.3 is 4.57 Å². The van der Waals surface area contributed by atoms with Gasteiger partial charge in [-0.15, -0.1) is 10.2 Å². The zero-order valence-electron chi connectivity index (χ0n) is 14.1. The first-order chi connectivity index (χ1) is 12.3. The number of aryl methyl sites for hydroxylation is 2. The summed E-state index contributed by atoms with van der Waals surface area (Å²) >= 11 is 0. The van der Waals surface area contributed by atoms with Gasteiger partial charge in [0.25, 0.3) is 0 Å². The van der Waals surface area contributed by atoms with E-state index in [0.29, 0.717) is 0 Å². The highest BCUT2D eigenvalue weighted by atomic mass is 15.3. The number of hydrogen-bond acceptors (Lipinski definition) is 6. The normalized spacial score (nSPS) is 12.6. The van der Waals surface area contributed by atoms with Gasteiger partial charge in [0.05, 0.1) is 17.7 Å². The Morgan fingerprint density at radius 3 is 2.76 bits per heavy atom. The Balaban J connectivity index is 1.97. The first-order valence-electron chi connectivity index (χ1n) is 8.23. The van der Waals surface area contributed by atoms with Gasteiger partial charge >= 0.3 is 0 Å². The van der Waals surface area contributed by atoms with Crippen LogP contribution in [0.5, 0.6) is 0 Å². The lowest BCUT2D eigenvalue weighted by atomic mass is 10.0. The Bertz CT molecular complexity index is 975. The number of nitrogens with zero attached hydrogens (tertiary/aromatic N) is 8. The summed E-state index contributed by atoms with van der Waals surface area (Å²) in [5.41, 5.74) is 3.64. The summed E-state index contributed by atoms with van der Waals surface area (Å²) in [4.78, 5) is 8.95. The van der Waals surface area contributed by atoms with E-state index in [4.69, 9.17) is 4.98 Å². The lowest BCUT2D eigenvalue weighted by Gasteiger charge is -2.20. The second-order valence-electron chi connectivity index (χ2n) is 5.86. The number of hydrogen-bond donors (Lipinski definition) is 0. The quantitative estimate of drug-likeness (QED) is 0.555. The Morgan fingerprint density at radius 2 is 2.04 bits per heavy atom. The average Bonchev–Trinajstić information content (AvgIpc) is 3.29. The van der Waals surface area contributed by atoms with Crippen LogP contribution in [0.15, 0.2) is 43.4 Å². The molecule has 1 unspecified atom stereocenters. The van der Waals surface area contributed by atoms with Crippen LogP contribution >= 0.6 is 0 Å². The van der Waals surface area contributed by atoms with Gasteiger partial charge in [-0.05, 0) is 25.5 Å². The van der Waals surface area contributed by atoms with Gasteiger partial charge in [-0.2, -0.15) is 10.2 Å². The fourth-order valence-corrected chi connectivity index (χ4v) is 3.07. The van der Waals surface area contributed by atoms with Crippen LogP contribution in [0.4, 0.5) is 0 Å². The Labute approximate surface area is 144 Å². The van der Waals surface area contributed by atoms with Crippen molar-refractivity contribution < 1.29 is 0 Å². The van der Waals surface area contributed by atoms with Crippen molar-refractivity contribution in [3.05, 3.63) is 66.2 Å². The fraction of sp³-hybridized carbons (Fsp3) is 0.294. The maximum absolute atomic E-state index is 4.76. The summed E-state index contributed by atoms with van der Waals surface area (Å²) in [5.74, 6) is 0.824. The molecule has 0 amide bonds. The van der Waals surface area contributed by atoms with E-state index < -0.39 is 0 Å². The largest absolute Gasteiger partial charge is 0.323 e. The van der Waals surface area contributed by atoms with Crippen LogP contribution in [0.25, 0.3) is 5.65 Å². The van der Waals surface area contributed by atoms with Crippen LogP contribution < -0.4 is 0 Å². The first kappa shape index (κ1) is 15.4. The summed E-state index contributed by atoms with van der Waals surface area (Å²) in [6.07, 6.45) is 10.7. The van der Waals surface area contributed by atoms with Crippen molar-refractivity contribution in [3.8, 4) is 0 Å². The van der Waals surface area contributed by atoms with Gasteiger partial charge in [-0.3, -0.25) is 4.40 Å². The minimum absolute atomic E-state index is 0.209. The molecular weight excluding hydrogens is 316 g/mol. The SMILES string of the molecule is CCCc1c(C(c2cccnn2)n2ccnc2)ncn2c(C)nnc12. The monoisotopic (exact) mass is 334 g/mol. The highest BCUT2D eigenvalue weighted by molar-refractivity contribution is 5.51. The molecule has 0 aliphatic rings. The van der Waals surface area contributed by atoms with Crippen molar-refractivity contribution in [2.24, 2.45) is 0 Å². The van der Waals surface area contributed by atoms with E-state index in [1.54, 1.807) is 25.0 Å².